The van der Waals surface area contributed by atoms with E-state index in [4.69, 9.17) is 16.3 Å². The van der Waals surface area contributed by atoms with Gasteiger partial charge >= 0.3 is 0 Å². The lowest BCUT2D eigenvalue weighted by molar-refractivity contribution is 0.0336. The third-order valence-electron chi connectivity index (χ3n) is 7.19. The number of hydrogen-bond donors (Lipinski definition) is 0. The van der Waals surface area contributed by atoms with Gasteiger partial charge in [0.15, 0.2) is 0 Å². The molecule has 4 heterocycles. The molecule has 2 aliphatic rings. The van der Waals surface area contributed by atoms with Gasteiger partial charge in [-0.2, -0.15) is 0 Å². The first kappa shape index (κ1) is 21.0. The van der Waals surface area contributed by atoms with E-state index in [1.165, 1.54) is 57.7 Å². The molecular formula is C28H30ClN3O. The summed E-state index contributed by atoms with van der Waals surface area (Å²) in [7, 11) is 0. The van der Waals surface area contributed by atoms with Crippen LogP contribution >= 0.6 is 11.6 Å². The molecule has 4 aromatic rings. The van der Waals surface area contributed by atoms with Gasteiger partial charge in [-0.05, 0) is 49.4 Å². The zero-order valence-electron chi connectivity index (χ0n) is 19.2. The fourth-order valence-corrected chi connectivity index (χ4v) is 5.62. The Morgan fingerprint density at radius 2 is 1.61 bits per heavy atom. The Morgan fingerprint density at radius 3 is 2.36 bits per heavy atom. The third kappa shape index (κ3) is 3.80. The third-order valence-corrected chi connectivity index (χ3v) is 7.44. The van der Waals surface area contributed by atoms with Crippen LogP contribution in [0, 0.1) is 6.92 Å². The lowest BCUT2D eigenvalue weighted by Gasteiger charge is -2.27. The zero-order valence-corrected chi connectivity index (χ0v) is 19.9. The molecule has 0 saturated carbocycles. The first-order valence-corrected chi connectivity index (χ1v) is 12.5. The second-order valence-electron chi connectivity index (χ2n) is 9.38. The number of benzene rings is 2. The molecule has 0 N–H and O–H groups in total. The average molecular weight is 460 g/mol. The summed E-state index contributed by atoms with van der Waals surface area (Å²) in [4.78, 5) is 2.53. The molecule has 1 fully saturated rings. The highest BCUT2D eigenvalue weighted by Crippen LogP contribution is 2.40. The van der Waals surface area contributed by atoms with E-state index in [0.717, 1.165) is 50.8 Å². The second kappa shape index (κ2) is 8.68. The highest BCUT2D eigenvalue weighted by atomic mass is 35.5. The van der Waals surface area contributed by atoms with Crippen LogP contribution in [0.1, 0.15) is 29.7 Å². The second-order valence-corrected chi connectivity index (χ2v) is 9.81. The number of rotatable bonds is 4. The summed E-state index contributed by atoms with van der Waals surface area (Å²) in [6, 6.07) is 17.4. The monoisotopic (exact) mass is 459 g/mol. The van der Waals surface area contributed by atoms with Crippen LogP contribution in [0.4, 0.5) is 0 Å². The van der Waals surface area contributed by atoms with Crippen LogP contribution in [0.2, 0.25) is 5.02 Å². The van der Waals surface area contributed by atoms with Crippen LogP contribution in [-0.4, -0.2) is 40.2 Å². The molecule has 33 heavy (non-hydrogen) atoms. The van der Waals surface area contributed by atoms with E-state index >= 15 is 0 Å². The van der Waals surface area contributed by atoms with E-state index in [1.54, 1.807) is 0 Å². The molecule has 0 aliphatic carbocycles. The number of ether oxygens (including phenoxy) is 1. The Hall–Kier alpha value is -2.53. The van der Waals surface area contributed by atoms with Crippen LogP contribution in [0.15, 0.2) is 54.7 Å². The number of aromatic nitrogens is 2. The van der Waals surface area contributed by atoms with Crippen LogP contribution in [0.5, 0.6) is 0 Å². The predicted molar refractivity (Wildman–Crippen MR) is 135 cm³/mol. The van der Waals surface area contributed by atoms with Gasteiger partial charge in [0.1, 0.15) is 5.65 Å². The van der Waals surface area contributed by atoms with Crippen molar-refractivity contribution in [3.63, 3.8) is 0 Å². The quantitative estimate of drug-likeness (QED) is 0.362. The molecule has 0 amide bonds. The van der Waals surface area contributed by atoms with Crippen molar-refractivity contribution >= 4 is 17.2 Å². The first-order valence-electron chi connectivity index (χ1n) is 12.1. The molecule has 170 valence electrons. The standard InChI is InChI=1S/C28H30ClN3O/c1-20-5-7-21(8-6-20)25-19-32-26(18-30-14-16-33-17-15-30)27(22-9-11-23(29)12-10-22)24-4-2-3-13-31(25)28(24)32/h5-12,19H,2-4,13-18H2,1H3. The molecule has 0 radical (unpaired) electrons. The van der Waals surface area contributed by atoms with Crippen molar-refractivity contribution in [2.45, 2.75) is 39.3 Å². The average Bonchev–Trinajstić information content (AvgIpc) is 3.24. The van der Waals surface area contributed by atoms with E-state index in [9.17, 15) is 0 Å². The molecule has 0 unspecified atom stereocenters. The van der Waals surface area contributed by atoms with Crippen molar-refractivity contribution in [1.29, 1.82) is 0 Å². The maximum absolute atomic E-state index is 6.26. The molecule has 0 atom stereocenters. The van der Waals surface area contributed by atoms with Gasteiger partial charge in [0.25, 0.3) is 0 Å². The Balaban J connectivity index is 1.58. The lowest BCUT2D eigenvalue weighted by atomic mass is 9.98. The van der Waals surface area contributed by atoms with Gasteiger partial charge in [-0.25, -0.2) is 0 Å². The highest BCUT2D eigenvalue weighted by Gasteiger charge is 2.27. The SMILES string of the molecule is Cc1ccc(-c2cn3c(CN4CCOCC4)c(-c4ccc(Cl)cc4)c4c3n2CCCC4)cc1. The molecule has 1 saturated heterocycles. The van der Waals surface area contributed by atoms with Gasteiger partial charge in [-0.15, -0.1) is 0 Å². The summed E-state index contributed by atoms with van der Waals surface area (Å²) in [6.07, 6.45) is 5.91. The smallest absolute Gasteiger partial charge is 0.121 e. The van der Waals surface area contributed by atoms with E-state index in [2.05, 4.69) is 63.4 Å². The Bertz CT molecular complexity index is 1280. The Labute approximate surface area is 200 Å². The predicted octanol–water partition coefficient (Wildman–Crippen LogP) is 6.21. The number of morpholine rings is 1. The molecular weight excluding hydrogens is 430 g/mol. The topological polar surface area (TPSA) is 21.8 Å². The molecule has 0 bridgehead atoms. The Morgan fingerprint density at radius 1 is 0.879 bits per heavy atom. The molecule has 0 spiro atoms. The Kier molecular flexibility index (Phi) is 5.53. The number of imidazole rings is 1. The van der Waals surface area contributed by atoms with Gasteiger partial charge in [0, 0.05) is 54.2 Å². The van der Waals surface area contributed by atoms with Gasteiger partial charge in [0.2, 0.25) is 0 Å². The van der Waals surface area contributed by atoms with Crippen LogP contribution in [0.25, 0.3) is 28.0 Å². The number of halogens is 1. The van der Waals surface area contributed by atoms with Gasteiger partial charge in [0.05, 0.1) is 18.9 Å². The fourth-order valence-electron chi connectivity index (χ4n) is 5.49. The molecule has 2 aliphatic heterocycles. The van der Waals surface area contributed by atoms with Crippen LogP contribution in [0.3, 0.4) is 0 Å². The number of hydrogen-bond acceptors (Lipinski definition) is 2. The molecule has 2 aromatic heterocycles. The van der Waals surface area contributed by atoms with Crippen molar-refractivity contribution in [3.8, 4) is 22.4 Å². The molecule has 5 heteroatoms. The maximum atomic E-state index is 6.26. The minimum atomic E-state index is 0.786. The van der Waals surface area contributed by atoms with Crippen LogP contribution < -0.4 is 0 Å². The van der Waals surface area contributed by atoms with Gasteiger partial charge in [-0.3, -0.25) is 4.90 Å². The van der Waals surface area contributed by atoms with Crippen LogP contribution in [-0.2, 0) is 24.2 Å². The molecule has 4 nitrogen and oxygen atoms in total. The van der Waals surface area contributed by atoms with Crippen molar-refractivity contribution in [1.82, 2.24) is 13.9 Å². The van der Waals surface area contributed by atoms with E-state index in [-0.39, 0.29) is 0 Å². The van der Waals surface area contributed by atoms with E-state index < -0.39 is 0 Å². The first-order chi connectivity index (χ1) is 16.2. The van der Waals surface area contributed by atoms with Gasteiger partial charge in [-0.1, -0.05) is 53.6 Å². The largest absolute Gasteiger partial charge is 0.379 e. The molecule has 2 aromatic carbocycles. The summed E-state index contributed by atoms with van der Waals surface area (Å²) in [6.45, 7) is 7.73. The van der Waals surface area contributed by atoms with Crippen molar-refractivity contribution in [3.05, 3.63) is 76.6 Å². The van der Waals surface area contributed by atoms with Crippen molar-refractivity contribution < 1.29 is 4.74 Å². The zero-order chi connectivity index (χ0) is 22.4. The fraction of sp³-hybridized carbons (Fsp3) is 0.357. The summed E-state index contributed by atoms with van der Waals surface area (Å²) < 4.78 is 10.7. The maximum Gasteiger partial charge on any atom is 0.121 e. The van der Waals surface area contributed by atoms with Crippen molar-refractivity contribution in [2.75, 3.05) is 26.3 Å². The van der Waals surface area contributed by atoms with Crippen molar-refractivity contribution in [2.24, 2.45) is 0 Å². The van der Waals surface area contributed by atoms with E-state index in [0.29, 0.717) is 0 Å². The number of nitrogens with zero attached hydrogens (tertiary/aromatic N) is 3. The minimum absolute atomic E-state index is 0.786. The summed E-state index contributed by atoms with van der Waals surface area (Å²) in [5.74, 6) is 0. The van der Waals surface area contributed by atoms with Gasteiger partial charge < -0.3 is 13.7 Å². The lowest BCUT2D eigenvalue weighted by Crippen LogP contribution is -2.36. The summed E-state index contributed by atoms with van der Waals surface area (Å²) in [5, 5.41) is 0.786. The summed E-state index contributed by atoms with van der Waals surface area (Å²) in [5.41, 5.74) is 10.8. The minimum Gasteiger partial charge on any atom is -0.379 e. The normalized spacial score (nSPS) is 16.9. The number of aryl methyl sites for hydroxylation is 3. The summed E-state index contributed by atoms with van der Waals surface area (Å²) >= 11 is 6.26. The molecule has 6 rings (SSSR count). The van der Waals surface area contributed by atoms with E-state index in [1.807, 2.05) is 12.1 Å². The highest BCUT2D eigenvalue weighted by molar-refractivity contribution is 6.30.